The molecule has 0 N–H and O–H groups in total. The SMILES string of the molecule is O=C1C2CCCC2=Nc2ccccc2N1CCc1ccccc1. The molecular weight excluding hydrogens is 284 g/mol. The van der Waals surface area contributed by atoms with Gasteiger partial charge < -0.3 is 4.90 Å². The summed E-state index contributed by atoms with van der Waals surface area (Å²) in [6.45, 7) is 0.708. The van der Waals surface area contributed by atoms with Crippen LogP contribution in [-0.2, 0) is 11.2 Å². The Morgan fingerprint density at radius 2 is 1.83 bits per heavy atom. The first-order valence-corrected chi connectivity index (χ1v) is 8.35. The number of carbonyl (C=O) groups excluding carboxylic acids is 1. The molecule has 1 fully saturated rings. The Morgan fingerprint density at radius 3 is 2.70 bits per heavy atom. The number of anilines is 1. The van der Waals surface area contributed by atoms with Gasteiger partial charge in [-0.05, 0) is 43.4 Å². The maximum atomic E-state index is 13.1. The predicted octanol–water partition coefficient (Wildman–Crippen LogP) is 4.15. The molecule has 2 aliphatic rings. The molecule has 1 aliphatic carbocycles. The Kier molecular flexibility index (Phi) is 3.70. The third kappa shape index (κ3) is 2.67. The van der Waals surface area contributed by atoms with Crippen LogP contribution < -0.4 is 4.90 Å². The lowest BCUT2D eigenvalue weighted by atomic mass is 10.0. The van der Waals surface area contributed by atoms with E-state index in [0.29, 0.717) is 6.54 Å². The summed E-state index contributed by atoms with van der Waals surface area (Å²) in [7, 11) is 0. The van der Waals surface area contributed by atoms with Gasteiger partial charge >= 0.3 is 0 Å². The molecule has 3 nitrogen and oxygen atoms in total. The monoisotopic (exact) mass is 304 g/mol. The van der Waals surface area contributed by atoms with Crippen LogP contribution in [0.3, 0.4) is 0 Å². The van der Waals surface area contributed by atoms with E-state index >= 15 is 0 Å². The van der Waals surface area contributed by atoms with Crippen molar-refractivity contribution in [1.29, 1.82) is 0 Å². The number of aliphatic imine (C=N–C) groups is 1. The number of benzene rings is 2. The second kappa shape index (κ2) is 5.99. The number of carbonyl (C=O) groups is 1. The first-order valence-electron chi connectivity index (χ1n) is 8.35. The number of hydrogen-bond acceptors (Lipinski definition) is 2. The summed E-state index contributed by atoms with van der Waals surface area (Å²) in [6.07, 6.45) is 3.83. The molecule has 0 bridgehead atoms. The van der Waals surface area contributed by atoms with Gasteiger partial charge in [-0.1, -0.05) is 42.5 Å². The standard InChI is InChI=1S/C20H20N2O/c23-20-16-9-6-11-17(16)21-18-10-4-5-12-19(18)22(20)14-13-15-7-2-1-3-8-15/h1-5,7-8,10,12,16H,6,9,11,13-14H2. The molecule has 23 heavy (non-hydrogen) atoms. The van der Waals surface area contributed by atoms with Crippen LogP contribution in [0.15, 0.2) is 59.6 Å². The van der Waals surface area contributed by atoms with Crippen molar-refractivity contribution in [2.75, 3.05) is 11.4 Å². The average molecular weight is 304 g/mol. The maximum absolute atomic E-state index is 13.1. The molecule has 1 saturated carbocycles. The van der Waals surface area contributed by atoms with Crippen LogP contribution in [0.2, 0.25) is 0 Å². The predicted molar refractivity (Wildman–Crippen MR) is 93.4 cm³/mol. The highest BCUT2D eigenvalue weighted by atomic mass is 16.2. The van der Waals surface area contributed by atoms with Gasteiger partial charge in [0.1, 0.15) is 0 Å². The van der Waals surface area contributed by atoms with Crippen molar-refractivity contribution >= 4 is 23.0 Å². The van der Waals surface area contributed by atoms with E-state index in [9.17, 15) is 4.79 Å². The van der Waals surface area contributed by atoms with Gasteiger partial charge in [0.05, 0.1) is 17.3 Å². The molecule has 1 amide bonds. The molecule has 2 aromatic rings. The number of hydrogen-bond donors (Lipinski definition) is 0. The third-order valence-electron chi connectivity index (χ3n) is 4.80. The van der Waals surface area contributed by atoms with E-state index in [-0.39, 0.29) is 11.8 Å². The topological polar surface area (TPSA) is 32.7 Å². The number of para-hydroxylation sites is 2. The van der Waals surface area contributed by atoms with Crippen molar-refractivity contribution in [3.8, 4) is 0 Å². The molecule has 1 aliphatic heterocycles. The van der Waals surface area contributed by atoms with Crippen LogP contribution in [0.1, 0.15) is 24.8 Å². The van der Waals surface area contributed by atoms with E-state index in [2.05, 4.69) is 12.1 Å². The van der Waals surface area contributed by atoms with Gasteiger partial charge in [-0.25, -0.2) is 0 Å². The Balaban J connectivity index is 1.66. The fourth-order valence-electron chi connectivity index (χ4n) is 3.59. The van der Waals surface area contributed by atoms with Gasteiger partial charge in [0.2, 0.25) is 5.91 Å². The summed E-state index contributed by atoms with van der Waals surface area (Å²) < 4.78 is 0. The first kappa shape index (κ1) is 14.2. The molecule has 116 valence electrons. The lowest BCUT2D eigenvalue weighted by molar-refractivity contribution is -0.120. The Labute approximate surface area is 136 Å². The quantitative estimate of drug-likeness (QED) is 0.838. The molecule has 1 unspecified atom stereocenters. The largest absolute Gasteiger partial charge is 0.309 e. The van der Waals surface area contributed by atoms with Crippen molar-refractivity contribution < 1.29 is 4.79 Å². The molecule has 0 aromatic heterocycles. The zero-order valence-electron chi connectivity index (χ0n) is 13.1. The van der Waals surface area contributed by atoms with Gasteiger partial charge in [-0.2, -0.15) is 0 Å². The number of rotatable bonds is 3. The van der Waals surface area contributed by atoms with Crippen molar-refractivity contribution in [3.63, 3.8) is 0 Å². The molecule has 2 aromatic carbocycles. The van der Waals surface area contributed by atoms with Gasteiger partial charge in [0.15, 0.2) is 0 Å². The van der Waals surface area contributed by atoms with E-state index in [1.54, 1.807) is 0 Å². The number of fused-ring (bicyclic) bond motifs is 2. The van der Waals surface area contributed by atoms with Gasteiger partial charge in [-0.15, -0.1) is 0 Å². The summed E-state index contributed by atoms with van der Waals surface area (Å²) in [5.41, 5.74) is 4.22. The maximum Gasteiger partial charge on any atom is 0.235 e. The molecule has 0 saturated heterocycles. The highest BCUT2D eigenvalue weighted by molar-refractivity contribution is 6.14. The van der Waals surface area contributed by atoms with E-state index in [4.69, 9.17) is 4.99 Å². The molecule has 0 spiro atoms. The minimum Gasteiger partial charge on any atom is -0.309 e. The normalized spacial score (nSPS) is 19.8. The van der Waals surface area contributed by atoms with Crippen molar-refractivity contribution in [2.24, 2.45) is 10.9 Å². The Morgan fingerprint density at radius 1 is 1.04 bits per heavy atom. The highest BCUT2D eigenvalue weighted by Crippen LogP contribution is 2.37. The summed E-state index contributed by atoms with van der Waals surface area (Å²) in [5, 5.41) is 0. The second-order valence-corrected chi connectivity index (χ2v) is 6.26. The molecule has 3 heteroatoms. The van der Waals surface area contributed by atoms with Crippen LogP contribution in [0.25, 0.3) is 0 Å². The summed E-state index contributed by atoms with van der Waals surface area (Å²) in [4.78, 5) is 19.8. The lowest BCUT2D eigenvalue weighted by Crippen LogP contribution is -2.38. The van der Waals surface area contributed by atoms with Crippen molar-refractivity contribution in [2.45, 2.75) is 25.7 Å². The van der Waals surface area contributed by atoms with E-state index < -0.39 is 0 Å². The van der Waals surface area contributed by atoms with Crippen molar-refractivity contribution in [1.82, 2.24) is 0 Å². The zero-order chi connectivity index (χ0) is 15.6. The number of nitrogens with zero attached hydrogens (tertiary/aromatic N) is 2. The number of amides is 1. The summed E-state index contributed by atoms with van der Waals surface area (Å²) in [6, 6.07) is 18.4. The minimum atomic E-state index is -0.0156. The molecule has 1 heterocycles. The van der Waals surface area contributed by atoms with Crippen LogP contribution in [0, 0.1) is 5.92 Å². The second-order valence-electron chi connectivity index (χ2n) is 6.26. The Hall–Kier alpha value is -2.42. The first-order chi connectivity index (χ1) is 11.3. The highest BCUT2D eigenvalue weighted by Gasteiger charge is 2.36. The fraction of sp³-hybridized carbons (Fsp3) is 0.300. The lowest BCUT2D eigenvalue weighted by Gasteiger charge is -2.24. The minimum absolute atomic E-state index is 0.0156. The van der Waals surface area contributed by atoms with Crippen molar-refractivity contribution in [3.05, 3.63) is 60.2 Å². The summed E-state index contributed by atoms with van der Waals surface area (Å²) in [5.74, 6) is 0.209. The van der Waals surface area contributed by atoms with Crippen LogP contribution in [0.5, 0.6) is 0 Å². The zero-order valence-corrected chi connectivity index (χ0v) is 13.1. The van der Waals surface area contributed by atoms with Gasteiger partial charge in [0.25, 0.3) is 0 Å². The molecule has 4 rings (SSSR count). The van der Waals surface area contributed by atoms with Gasteiger partial charge in [0, 0.05) is 12.3 Å². The third-order valence-corrected chi connectivity index (χ3v) is 4.80. The molecular formula is C20H20N2O. The van der Waals surface area contributed by atoms with Crippen LogP contribution in [0.4, 0.5) is 11.4 Å². The van der Waals surface area contributed by atoms with Crippen LogP contribution in [-0.4, -0.2) is 18.2 Å². The van der Waals surface area contributed by atoms with E-state index in [1.165, 1.54) is 5.56 Å². The average Bonchev–Trinajstić information content (AvgIpc) is 3.01. The smallest absolute Gasteiger partial charge is 0.235 e. The van der Waals surface area contributed by atoms with Crippen LogP contribution >= 0.6 is 0 Å². The fourth-order valence-corrected chi connectivity index (χ4v) is 3.59. The van der Waals surface area contributed by atoms with E-state index in [0.717, 1.165) is 42.8 Å². The van der Waals surface area contributed by atoms with Gasteiger partial charge in [-0.3, -0.25) is 9.79 Å². The summed E-state index contributed by atoms with van der Waals surface area (Å²) >= 11 is 0. The van der Waals surface area contributed by atoms with E-state index in [1.807, 2.05) is 47.4 Å². The Bertz CT molecular complexity index is 751. The molecule has 0 radical (unpaired) electrons. The molecule has 1 atom stereocenters.